The summed E-state index contributed by atoms with van der Waals surface area (Å²) in [7, 11) is 1.99. The SMILES string of the molecule is CNCCCc1cccc(OCC2CCCCO2)c1. The Bertz CT molecular complexity index is 362. The van der Waals surface area contributed by atoms with Gasteiger partial charge in [-0.25, -0.2) is 0 Å². The molecule has 3 nitrogen and oxygen atoms in total. The summed E-state index contributed by atoms with van der Waals surface area (Å²) < 4.78 is 11.5. The molecular weight excluding hydrogens is 238 g/mol. The second-order valence-electron chi connectivity index (χ2n) is 5.15. The van der Waals surface area contributed by atoms with E-state index in [1.165, 1.54) is 18.4 Å². The largest absolute Gasteiger partial charge is 0.491 e. The third kappa shape index (κ3) is 5.21. The Kier molecular flexibility index (Phi) is 6.18. The highest BCUT2D eigenvalue weighted by Crippen LogP contribution is 2.17. The fourth-order valence-electron chi connectivity index (χ4n) is 2.39. The van der Waals surface area contributed by atoms with Crippen molar-refractivity contribution in [3.63, 3.8) is 0 Å². The van der Waals surface area contributed by atoms with Crippen LogP contribution in [0.3, 0.4) is 0 Å². The molecule has 0 aromatic heterocycles. The number of nitrogens with one attached hydrogen (secondary N) is 1. The van der Waals surface area contributed by atoms with Crippen LogP contribution in [0.5, 0.6) is 5.75 Å². The van der Waals surface area contributed by atoms with Crippen LogP contribution in [0.25, 0.3) is 0 Å². The molecule has 2 rings (SSSR count). The van der Waals surface area contributed by atoms with Crippen LogP contribution in [0.15, 0.2) is 24.3 Å². The average molecular weight is 263 g/mol. The van der Waals surface area contributed by atoms with E-state index in [1.54, 1.807) is 0 Å². The number of ether oxygens (including phenoxy) is 2. The predicted molar refractivity (Wildman–Crippen MR) is 77.8 cm³/mol. The molecule has 1 fully saturated rings. The molecule has 1 saturated heterocycles. The Morgan fingerprint density at radius 2 is 2.32 bits per heavy atom. The standard InChI is InChI=1S/C16H25NO2/c1-17-10-5-7-14-6-4-9-15(12-14)19-13-16-8-2-3-11-18-16/h4,6,9,12,16-17H,2-3,5,7-8,10-11,13H2,1H3. The highest BCUT2D eigenvalue weighted by Gasteiger charge is 2.14. The molecule has 0 saturated carbocycles. The maximum Gasteiger partial charge on any atom is 0.119 e. The highest BCUT2D eigenvalue weighted by atomic mass is 16.5. The molecule has 1 unspecified atom stereocenters. The molecule has 1 heterocycles. The third-order valence-electron chi connectivity index (χ3n) is 3.50. The summed E-state index contributed by atoms with van der Waals surface area (Å²) in [6.45, 7) is 2.62. The Hall–Kier alpha value is -1.06. The van der Waals surface area contributed by atoms with E-state index >= 15 is 0 Å². The van der Waals surface area contributed by atoms with Crippen LogP contribution in [0.4, 0.5) is 0 Å². The maximum atomic E-state index is 5.85. The second-order valence-corrected chi connectivity index (χ2v) is 5.15. The summed E-state index contributed by atoms with van der Waals surface area (Å²) in [6.07, 6.45) is 6.11. The van der Waals surface area contributed by atoms with Gasteiger partial charge < -0.3 is 14.8 Å². The van der Waals surface area contributed by atoms with Crippen LogP contribution in [-0.4, -0.2) is 32.9 Å². The van der Waals surface area contributed by atoms with Crippen molar-refractivity contribution in [2.75, 3.05) is 26.8 Å². The summed E-state index contributed by atoms with van der Waals surface area (Å²) >= 11 is 0. The van der Waals surface area contributed by atoms with Gasteiger partial charge in [0.05, 0.1) is 6.10 Å². The van der Waals surface area contributed by atoms with Gasteiger partial charge in [0.15, 0.2) is 0 Å². The molecule has 1 N–H and O–H groups in total. The van der Waals surface area contributed by atoms with Crippen molar-refractivity contribution < 1.29 is 9.47 Å². The van der Waals surface area contributed by atoms with Crippen LogP contribution in [0, 0.1) is 0 Å². The predicted octanol–water partition coefficient (Wildman–Crippen LogP) is 2.79. The minimum atomic E-state index is 0.279. The lowest BCUT2D eigenvalue weighted by atomic mass is 10.1. The zero-order chi connectivity index (χ0) is 13.3. The van der Waals surface area contributed by atoms with Gasteiger partial charge in [-0.05, 0) is 63.4 Å². The molecule has 1 atom stereocenters. The van der Waals surface area contributed by atoms with Gasteiger partial charge in [0.2, 0.25) is 0 Å². The van der Waals surface area contributed by atoms with Crippen LogP contribution in [0.2, 0.25) is 0 Å². The Morgan fingerprint density at radius 1 is 1.37 bits per heavy atom. The zero-order valence-electron chi connectivity index (χ0n) is 11.9. The molecule has 0 spiro atoms. The van der Waals surface area contributed by atoms with Gasteiger partial charge >= 0.3 is 0 Å². The summed E-state index contributed by atoms with van der Waals surface area (Å²) in [5.74, 6) is 0.969. The molecule has 1 aromatic carbocycles. The first kappa shape index (κ1) is 14.4. The van der Waals surface area contributed by atoms with E-state index in [0.29, 0.717) is 6.61 Å². The monoisotopic (exact) mass is 263 g/mol. The van der Waals surface area contributed by atoms with Gasteiger partial charge in [0, 0.05) is 6.61 Å². The number of aryl methyl sites for hydroxylation is 1. The van der Waals surface area contributed by atoms with Crippen molar-refractivity contribution in [2.45, 2.75) is 38.2 Å². The van der Waals surface area contributed by atoms with E-state index in [9.17, 15) is 0 Å². The molecule has 0 bridgehead atoms. The maximum absolute atomic E-state index is 5.85. The van der Waals surface area contributed by atoms with Gasteiger partial charge in [-0.15, -0.1) is 0 Å². The summed E-state index contributed by atoms with van der Waals surface area (Å²) in [5.41, 5.74) is 1.34. The van der Waals surface area contributed by atoms with Crippen LogP contribution in [-0.2, 0) is 11.2 Å². The van der Waals surface area contributed by atoms with Gasteiger partial charge in [-0.3, -0.25) is 0 Å². The Morgan fingerprint density at radius 3 is 3.11 bits per heavy atom. The molecule has 1 aromatic rings. The van der Waals surface area contributed by atoms with E-state index < -0.39 is 0 Å². The quantitative estimate of drug-likeness (QED) is 0.767. The van der Waals surface area contributed by atoms with Gasteiger partial charge in [0.1, 0.15) is 12.4 Å². The van der Waals surface area contributed by atoms with Crippen molar-refractivity contribution in [1.82, 2.24) is 5.32 Å². The lowest BCUT2D eigenvalue weighted by molar-refractivity contribution is -0.0110. The van der Waals surface area contributed by atoms with Crippen molar-refractivity contribution in [2.24, 2.45) is 0 Å². The first-order valence-corrected chi connectivity index (χ1v) is 7.36. The van der Waals surface area contributed by atoms with E-state index in [2.05, 4.69) is 23.5 Å². The molecule has 106 valence electrons. The van der Waals surface area contributed by atoms with Crippen molar-refractivity contribution in [1.29, 1.82) is 0 Å². The topological polar surface area (TPSA) is 30.5 Å². The Balaban J connectivity index is 1.77. The molecule has 0 aliphatic carbocycles. The van der Waals surface area contributed by atoms with Crippen molar-refractivity contribution in [3.8, 4) is 5.75 Å². The van der Waals surface area contributed by atoms with E-state index in [0.717, 1.165) is 38.2 Å². The lowest BCUT2D eigenvalue weighted by Gasteiger charge is -2.22. The van der Waals surface area contributed by atoms with Crippen molar-refractivity contribution in [3.05, 3.63) is 29.8 Å². The van der Waals surface area contributed by atoms with Crippen molar-refractivity contribution >= 4 is 0 Å². The highest BCUT2D eigenvalue weighted by molar-refractivity contribution is 5.28. The molecule has 0 amide bonds. The second kappa shape index (κ2) is 8.18. The molecule has 1 aliphatic rings. The third-order valence-corrected chi connectivity index (χ3v) is 3.50. The summed E-state index contributed by atoms with van der Waals surface area (Å²) in [6, 6.07) is 8.42. The van der Waals surface area contributed by atoms with Gasteiger partial charge in [0.25, 0.3) is 0 Å². The lowest BCUT2D eigenvalue weighted by Crippen LogP contribution is -2.25. The van der Waals surface area contributed by atoms with Gasteiger partial charge in [-0.2, -0.15) is 0 Å². The zero-order valence-corrected chi connectivity index (χ0v) is 11.9. The minimum Gasteiger partial charge on any atom is -0.491 e. The molecule has 3 heteroatoms. The summed E-state index contributed by atoms with van der Waals surface area (Å²) in [5, 5.41) is 3.17. The first-order chi connectivity index (χ1) is 9.38. The molecule has 19 heavy (non-hydrogen) atoms. The number of rotatable bonds is 7. The molecule has 1 aliphatic heterocycles. The summed E-state index contributed by atoms with van der Waals surface area (Å²) in [4.78, 5) is 0. The Labute approximate surface area is 116 Å². The van der Waals surface area contributed by atoms with E-state index in [1.807, 2.05) is 13.1 Å². The van der Waals surface area contributed by atoms with Crippen LogP contribution in [0.1, 0.15) is 31.2 Å². The fourth-order valence-corrected chi connectivity index (χ4v) is 2.39. The smallest absolute Gasteiger partial charge is 0.119 e. The van der Waals surface area contributed by atoms with Crippen LogP contribution < -0.4 is 10.1 Å². The minimum absolute atomic E-state index is 0.279. The van der Waals surface area contributed by atoms with E-state index in [4.69, 9.17) is 9.47 Å². The van der Waals surface area contributed by atoms with E-state index in [-0.39, 0.29) is 6.10 Å². The fraction of sp³-hybridized carbons (Fsp3) is 0.625. The number of hydrogen-bond acceptors (Lipinski definition) is 3. The van der Waals surface area contributed by atoms with Gasteiger partial charge in [-0.1, -0.05) is 12.1 Å². The normalized spacial score (nSPS) is 19.3. The molecule has 0 radical (unpaired) electrons. The number of hydrogen-bond donors (Lipinski definition) is 1. The molecular formula is C16H25NO2. The first-order valence-electron chi connectivity index (χ1n) is 7.36. The average Bonchev–Trinajstić information content (AvgIpc) is 2.47. The number of benzene rings is 1. The van der Waals surface area contributed by atoms with Crippen LogP contribution >= 0.6 is 0 Å².